The average molecular weight is 201 g/mol. The van der Waals surface area contributed by atoms with Crippen molar-refractivity contribution >= 4 is 0 Å². The summed E-state index contributed by atoms with van der Waals surface area (Å²) in [5.41, 5.74) is 6.63. The van der Waals surface area contributed by atoms with Gasteiger partial charge in [0.15, 0.2) is 0 Å². The monoisotopic (exact) mass is 201 g/mol. The molecule has 0 aliphatic rings. The highest BCUT2D eigenvalue weighted by Gasteiger charge is 2.37. The van der Waals surface area contributed by atoms with Crippen molar-refractivity contribution in [2.24, 2.45) is 5.73 Å². The Hall–Kier alpha value is -1.00. The van der Waals surface area contributed by atoms with Crippen molar-refractivity contribution in [3.63, 3.8) is 0 Å². The van der Waals surface area contributed by atoms with Crippen molar-refractivity contribution in [1.29, 1.82) is 0 Å². The molecule has 0 saturated carbocycles. The van der Waals surface area contributed by atoms with E-state index in [1.54, 1.807) is 24.3 Å². The van der Waals surface area contributed by atoms with Gasteiger partial charge in [0.2, 0.25) is 0 Å². The number of hydrogen-bond donors (Lipinski definition) is 2. The Balaban J connectivity index is 2.89. The molecule has 2 nitrogen and oxygen atoms in total. The molecule has 0 spiro atoms. The Bertz CT molecular complexity index is 297. The molecule has 0 heterocycles. The minimum Gasteiger partial charge on any atom is -0.390 e. The third kappa shape index (κ3) is 2.27. The van der Waals surface area contributed by atoms with Crippen molar-refractivity contribution in [3.8, 4) is 0 Å². The second kappa shape index (κ2) is 4.02. The van der Waals surface area contributed by atoms with Crippen LogP contribution in [0.3, 0.4) is 0 Å². The number of aryl methyl sites for hydroxylation is 1. The van der Waals surface area contributed by atoms with Gasteiger partial charge in [-0.05, 0) is 12.5 Å². The van der Waals surface area contributed by atoms with Crippen LogP contribution in [-0.4, -0.2) is 17.6 Å². The van der Waals surface area contributed by atoms with E-state index in [1.165, 1.54) is 0 Å². The van der Waals surface area contributed by atoms with Crippen LogP contribution < -0.4 is 5.73 Å². The average Bonchev–Trinajstić information content (AvgIpc) is 2.18. The zero-order chi connectivity index (χ0) is 10.8. The van der Waals surface area contributed by atoms with Gasteiger partial charge < -0.3 is 10.8 Å². The first-order valence-electron chi connectivity index (χ1n) is 4.28. The van der Waals surface area contributed by atoms with Gasteiger partial charge in [0, 0.05) is 0 Å². The van der Waals surface area contributed by atoms with Crippen molar-refractivity contribution < 1.29 is 13.9 Å². The molecule has 0 saturated heterocycles. The molecular weight excluding hydrogens is 188 g/mol. The topological polar surface area (TPSA) is 46.2 Å². The largest absolute Gasteiger partial charge is 0.390 e. The molecule has 0 radical (unpaired) electrons. The predicted octanol–water partition coefficient (Wildman–Crippen LogP) is 1.62. The van der Waals surface area contributed by atoms with Crippen LogP contribution in [0, 0.1) is 6.92 Å². The van der Waals surface area contributed by atoms with Gasteiger partial charge in [0.25, 0.3) is 5.92 Å². The van der Waals surface area contributed by atoms with Gasteiger partial charge in [-0.2, -0.15) is 0 Å². The number of aliphatic hydroxyl groups excluding tert-OH is 1. The van der Waals surface area contributed by atoms with E-state index in [-0.39, 0.29) is 0 Å². The number of aliphatic hydroxyl groups is 1. The van der Waals surface area contributed by atoms with Crippen LogP contribution in [0.1, 0.15) is 17.2 Å². The van der Waals surface area contributed by atoms with Gasteiger partial charge in [-0.15, -0.1) is 0 Å². The smallest absolute Gasteiger partial charge is 0.289 e. The summed E-state index contributed by atoms with van der Waals surface area (Å²) in [6.07, 6.45) is 0. The highest BCUT2D eigenvalue weighted by molar-refractivity contribution is 5.25. The number of benzene rings is 1. The van der Waals surface area contributed by atoms with Gasteiger partial charge in [-0.3, -0.25) is 0 Å². The highest BCUT2D eigenvalue weighted by Crippen LogP contribution is 2.28. The second-order valence-electron chi connectivity index (χ2n) is 3.31. The Morgan fingerprint density at radius 3 is 2.29 bits per heavy atom. The number of halogens is 2. The number of alkyl halides is 2. The molecule has 1 aromatic rings. The second-order valence-corrected chi connectivity index (χ2v) is 3.31. The molecule has 14 heavy (non-hydrogen) atoms. The van der Waals surface area contributed by atoms with Crippen molar-refractivity contribution in [1.82, 2.24) is 0 Å². The van der Waals surface area contributed by atoms with E-state index in [4.69, 9.17) is 10.8 Å². The molecule has 1 atom stereocenters. The SMILES string of the molecule is Cc1ccc([C@H](N)C(F)(F)CO)cc1. The molecule has 0 amide bonds. The molecule has 4 heteroatoms. The van der Waals surface area contributed by atoms with Gasteiger partial charge in [-0.1, -0.05) is 29.8 Å². The summed E-state index contributed by atoms with van der Waals surface area (Å²) in [5.74, 6) is -3.27. The van der Waals surface area contributed by atoms with E-state index in [9.17, 15) is 8.78 Å². The summed E-state index contributed by atoms with van der Waals surface area (Å²) in [6, 6.07) is 5.06. The van der Waals surface area contributed by atoms with E-state index in [1.807, 2.05) is 6.92 Å². The van der Waals surface area contributed by atoms with Crippen LogP contribution in [0.2, 0.25) is 0 Å². The van der Waals surface area contributed by atoms with Crippen LogP contribution >= 0.6 is 0 Å². The third-order valence-corrected chi connectivity index (χ3v) is 2.10. The lowest BCUT2D eigenvalue weighted by Crippen LogP contribution is -2.36. The van der Waals surface area contributed by atoms with Crippen LogP contribution in [0.4, 0.5) is 8.78 Å². The first-order chi connectivity index (χ1) is 6.47. The van der Waals surface area contributed by atoms with Gasteiger partial charge >= 0.3 is 0 Å². The maximum Gasteiger partial charge on any atom is 0.289 e. The Morgan fingerprint density at radius 1 is 1.36 bits per heavy atom. The lowest BCUT2D eigenvalue weighted by atomic mass is 10.0. The third-order valence-electron chi connectivity index (χ3n) is 2.10. The molecule has 3 N–H and O–H groups in total. The van der Waals surface area contributed by atoms with Crippen LogP contribution in [0.15, 0.2) is 24.3 Å². The fourth-order valence-electron chi connectivity index (χ4n) is 1.12. The van der Waals surface area contributed by atoms with Crippen molar-refractivity contribution in [2.75, 3.05) is 6.61 Å². The molecule has 0 unspecified atom stereocenters. The molecule has 78 valence electrons. The van der Waals surface area contributed by atoms with Crippen LogP contribution in [0.5, 0.6) is 0 Å². The highest BCUT2D eigenvalue weighted by atomic mass is 19.3. The molecule has 0 bridgehead atoms. The van der Waals surface area contributed by atoms with E-state index in [0.29, 0.717) is 5.56 Å². The van der Waals surface area contributed by atoms with Crippen LogP contribution in [0.25, 0.3) is 0 Å². The van der Waals surface area contributed by atoms with E-state index in [0.717, 1.165) is 5.56 Å². The maximum atomic E-state index is 13.0. The summed E-state index contributed by atoms with van der Waals surface area (Å²) < 4.78 is 25.9. The van der Waals surface area contributed by atoms with Gasteiger partial charge in [-0.25, -0.2) is 8.78 Å². The molecule has 0 aromatic heterocycles. The van der Waals surface area contributed by atoms with Crippen molar-refractivity contribution in [2.45, 2.75) is 18.9 Å². The van der Waals surface area contributed by atoms with E-state index in [2.05, 4.69) is 0 Å². The summed E-state index contributed by atoms with van der Waals surface area (Å²) in [7, 11) is 0. The molecular formula is C10H13F2NO. The zero-order valence-corrected chi connectivity index (χ0v) is 7.87. The zero-order valence-electron chi connectivity index (χ0n) is 7.87. The minimum absolute atomic E-state index is 0.328. The number of nitrogens with two attached hydrogens (primary N) is 1. The normalized spacial score (nSPS) is 14.1. The fourth-order valence-corrected chi connectivity index (χ4v) is 1.12. The maximum absolute atomic E-state index is 13.0. The summed E-state index contributed by atoms with van der Waals surface area (Å²) in [5, 5.41) is 8.45. The first-order valence-corrected chi connectivity index (χ1v) is 4.28. The fraction of sp³-hybridized carbons (Fsp3) is 0.400. The Labute approximate surface area is 81.4 Å². The van der Waals surface area contributed by atoms with E-state index >= 15 is 0 Å². The molecule has 0 aliphatic heterocycles. The van der Waals surface area contributed by atoms with Crippen LogP contribution in [-0.2, 0) is 0 Å². The molecule has 1 aromatic carbocycles. The quantitative estimate of drug-likeness (QED) is 0.780. The predicted molar refractivity (Wildman–Crippen MR) is 50.1 cm³/mol. The van der Waals surface area contributed by atoms with E-state index < -0.39 is 18.6 Å². The standard InChI is InChI=1S/C10H13F2NO/c1-7-2-4-8(5-3-7)9(13)10(11,12)6-14/h2-5,9,14H,6,13H2,1H3/t9-/m0/s1. The molecule has 0 aliphatic carbocycles. The molecule has 0 fully saturated rings. The first kappa shape index (κ1) is 11.1. The van der Waals surface area contributed by atoms with Gasteiger partial charge in [0.05, 0.1) is 6.04 Å². The number of hydrogen-bond acceptors (Lipinski definition) is 2. The summed E-state index contributed by atoms with van der Waals surface area (Å²) in [4.78, 5) is 0. The van der Waals surface area contributed by atoms with Crippen molar-refractivity contribution in [3.05, 3.63) is 35.4 Å². The molecule has 1 rings (SSSR count). The summed E-state index contributed by atoms with van der Waals surface area (Å²) >= 11 is 0. The summed E-state index contributed by atoms with van der Waals surface area (Å²) in [6.45, 7) is 0.627. The lowest BCUT2D eigenvalue weighted by molar-refractivity contribution is -0.0711. The Morgan fingerprint density at radius 2 is 1.86 bits per heavy atom. The number of rotatable bonds is 3. The lowest BCUT2D eigenvalue weighted by Gasteiger charge is -2.21. The minimum atomic E-state index is -3.27. The van der Waals surface area contributed by atoms with Gasteiger partial charge in [0.1, 0.15) is 6.61 Å². The Kier molecular flexibility index (Phi) is 3.18.